The van der Waals surface area contributed by atoms with Crippen LogP contribution in [0.4, 0.5) is 0 Å². The van der Waals surface area contributed by atoms with Crippen LogP contribution in [0.15, 0.2) is 22.8 Å². The fourth-order valence-electron chi connectivity index (χ4n) is 2.48. The molecule has 1 aliphatic carbocycles. The summed E-state index contributed by atoms with van der Waals surface area (Å²) < 4.78 is 5.45. The van der Waals surface area contributed by atoms with Gasteiger partial charge in [0.15, 0.2) is 0 Å². The highest BCUT2D eigenvalue weighted by atomic mass is 16.3. The molecule has 2 rings (SSSR count). The first-order valence-corrected chi connectivity index (χ1v) is 5.03. The summed E-state index contributed by atoms with van der Waals surface area (Å²) in [5.74, 6) is 2.47. The van der Waals surface area contributed by atoms with Crippen LogP contribution >= 0.6 is 0 Å². The topological polar surface area (TPSA) is 25.2 Å². The van der Waals surface area contributed by atoms with Crippen LogP contribution in [0.5, 0.6) is 0 Å². The molecule has 0 saturated heterocycles. The Hall–Kier alpha value is -0.760. The summed E-state index contributed by atoms with van der Waals surface area (Å²) in [5.41, 5.74) is 0. The number of hydrogen-bond donors (Lipinski definition) is 1. The Morgan fingerprint density at radius 1 is 1.46 bits per heavy atom. The molecule has 0 aliphatic heterocycles. The summed E-state index contributed by atoms with van der Waals surface area (Å²) in [5, 5.41) is 3.36. The van der Waals surface area contributed by atoms with E-state index in [0.717, 1.165) is 5.76 Å². The molecule has 0 amide bonds. The zero-order chi connectivity index (χ0) is 9.26. The largest absolute Gasteiger partial charge is 0.469 e. The van der Waals surface area contributed by atoms with Crippen LogP contribution in [0, 0.1) is 5.92 Å². The Morgan fingerprint density at radius 2 is 2.31 bits per heavy atom. The molecule has 3 unspecified atom stereocenters. The van der Waals surface area contributed by atoms with E-state index in [0.29, 0.717) is 17.9 Å². The van der Waals surface area contributed by atoms with E-state index >= 15 is 0 Å². The lowest BCUT2D eigenvalue weighted by Crippen LogP contribution is -2.28. The summed E-state index contributed by atoms with van der Waals surface area (Å²) in [4.78, 5) is 0. The summed E-state index contributed by atoms with van der Waals surface area (Å²) in [6.45, 7) is 2.31. The van der Waals surface area contributed by atoms with Crippen LogP contribution in [0.1, 0.15) is 31.4 Å². The predicted molar refractivity (Wildman–Crippen MR) is 52.7 cm³/mol. The average Bonchev–Trinajstić information content (AvgIpc) is 2.72. The van der Waals surface area contributed by atoms with Gasteiger partial charge in [-0.2, -0.15) is 0 Å². The molecular weight excluding hydrogens is 162 g/mol. The number of rotatable bonds is 2. The van der Waals surface area contributed by atoms with Crippen molar-refractivity contribution in [1.29, 1.82) is 0 Å². The summed E-state index contributed by atoms with van der Waals surface area (Å²) in [6.07, 6.45) is 4.29. The van der Waals surface area contributed by atoms with Crippen molar-refractivity contribution >= 4 is 0 Å². The van der Waals surface area contributed by atoms with Gasteiger partial charge in [-0.3, -0.25) is 0 Å². The van der Waals surface area contributed by atoms with Crippen molar-refractivity contribution in [2.45, 2.75) is 31.7 Å². The first kappa shape index (κ1) is 8.82. The Balaban J connectivity index is 2.11. The average molecular weight is 179 g/mol. The van der Waals surface area contributed by atoms with Crippen molar-refractivity contribution in [1.82, 2.24) is 5.32 Å². The fraction of sp³-hybridized carbons (Fsp3) is 0.636. The number of hydrogen-bond acceptors (Lipinski definition) is 2. The second-order valence-corrected chi connectivity index (χ2v) is 3.95. The van der Waals surface area contributed by atoms with Crippen LogP contribution in [0.3, 0.4) is 0 Å². The van der Waals surface area contributed by atoms with Gasteiger partial charge in [-0.1, -0.05) is 6.92 Å². The third kappa shape index (κ3) is 1.51. The summed E-state index contributed by atoms with van der Waals surface area (Å²) >= 11 is 0. The second-order valence-electron chi connectivity index (χ2n) is 3.95. The van der Waals surface area contributed by atoms with E-state index in [1.165, 1.54) is 12.8 Å². The van der Waals surface area contributed by atoms with Crippen molar-refractivity contribution in [3.05, 3.63) is 24.2 Å². The smallest absolute Gasteiger partial charge is 0.107 e. The lowest BCUT2D eigenvalue weighted by atomic mass is 9.93. The fourth-order valence-corrected chi connectivity index (χ4v) is 2.48. The Kier molecular flexibility index (Phi) is 2.40. The first-order valence-electron chi connectivity index (χ1n) is 5.03. The molecule has 72 valence electrons. The molecule has 2 nitrogen and oxygen atoms in total. The van der Waals surface area contributed by atoms with Crippen LogP contribution in [-0.4, -0.2) is 13.1 Å². The molecule has 0 aromatic carbocycles. The van der Waals surface area contributed by atoms with E-state index < -0.39 is 0 Å². The Bertz CT molecular complexity index is 255. The van der Waals surface area contributed by atoms with Gasteiger partial charge in [-0.25, -0.2) is 0 Å². The number of furan rings is 1. The van der Waals surface area contributed by atoms with E-state index in [4.69, 9.17) is 4.42 Å². The van der Waals surface area contributed by atoms with Crippen molar-refractivity contribution in [2.75, 3.05) is 7.05 Å². The highest BCUT2D eigenvalue weighted by Crippen LogP contribution is 2.39. The lowest BCUT2D eigenvalue weighted by Gasteiger charge is -2.18. The van der Waals surface area contributed by atoms with Gasteiger partial charge in [0.1, 0.15) is 5.76 Å². The van der Waals surface area contributed by atoms with Crippen LogP contribution < -0.4 is 5.32 Å². The molecule has 0 spiro atoms. The van der Waals surface area contributed by atoms with Gasteiger partial charge < -0.3 is 9.73 Å². The van der Waals surface area contributed by atoms with Crippen molar-refractivity contribution in [3.8, 4) is 0 Å². The summed E-state index contributed by atoms with van der Waals surface area (Å²) in [7, 11) is 2.05. The van der Waals surface area contributed by atoms with Gasteiger partial charge in [0.05, 0.1) is 6.26 Å². The van der Waals surface area contributed by atoms with Crippen LogP contribution in [0.25, 0.3) is 0 Å². The molecule has 1 aromatic heterocycles. The molecule has 0 bridgehead atoms. The van der Waals surface area contributed by atoms with E-state index in [2.05, 4.69) is 18.3 Å². The molecule has 2 heteroatoms. The molecule has 0 radical (unpaired) electrons. The minimum atomic E-state index is 0.618. The lowest BCUT2D eigenvalue weighted by molar-refractivity contribution is 0.378. The van der Waals surface area contributed by atoms with E-state index in [1.807, 2.05) is 13.1 Å². The third-order valence-electron chi connectivity index (χ3n) is 3.34. The molecule has 1 aromatic rings. The quantitative estimate of drug-likeness (QED) is 0.754. The van der Waals surface area contributed by atoms with Gasteiger partial charge >= 0.3 is 0 Å². The molecule has 1 aliphatic rings. The van der Waals surface area contributed by atoms with Gasteiger partial charge in [0, 0.05) is 12.0 Å². The van der Waals surface area contributed by atoms with Gasteiger partial charge in [-0.15, -0.1) is 0 Å². The van der Waals surface area contributed by atoms with Crippen molar-refractivity contribution in [3.63, 3.8) is 0 Å². The maximum absolute atomic E-state index is 5.45. The molecule has 1 saturated carbocycles. The van der Waals surface area contributed by atoms with Crippen LogP contribution in [0.2, 0.25) is 0 Å². The monoisotopic (exact) mass is 179 g/mol. The van der Waals surface area contributed by atoms with E-state index in [1.54, 1.807) is 6.26 Å². The van der Waals surface area contributed by atoms with Crippen LogP contribution in [-0.2, 0) is 0 Å². The predicted octanol–water partition coefficient (Wildman–Crippen LogP) is 2.38. The Morgan fingerprint density at radius 3 is 2.85 bits per heavy atom. The van der Waals surface area contributed by atoms with Gasteiger partial charge in [-0.05, 0) is 37.9 Å². The molecular formula is C11H17NO. The zero-order valence-electron chi connectivity index (χ0n) is 8.29. The molecule has 3 atom stereocenters. The normalized spacial score (nSPS) is 33.8. The summed E-state index contributed by atoms with van der Waals surface area (Å²) in [6, 6.07) is 4.74. The molecule has 1 fully saturated rings. The van der Waals surface area contributed by atoms with Crippen molar-refractivity contribution in [2.24, 2.45) is 5.92 Å². The minimum absolute atomic E-state index is 0.618. The Labute approximate surface area is 79.3 Å². The minimum Gasteiger partial charge on any atom is -0.469 e. The van der Waals surface area contributed by atoms with E-state index in [-0.39, 0.29) is 0 Å². The van der Waals surface area contributed by atoms with E-state index in [9.17, 15) is 0 Å². The number of nitrogens with one attached hydrogen (secondary N) is 1. The van der Waals surface area contributed by atoms with Gasteiger partial charge in [0.25, 0.3) is 0 Å². The highest BCUT2D eigenvalue weighted by Gasteiger charge is 2.34. The second kappa shape index (κ2) is 3.54. The maximum Gasteiger partial charge on any atom is 0.107 e. The first-order chi connectivity index (χ1) is 6.33. The maximum atomic E-state index is 5.45. The zero-order valence-corrected chi connectivity index (χ0v) is 8.29. The van der Waals surface area contributed by atoms with Crippen molar-refractivity contribution < 1.29 is 4.42 Å². The SMILES string of the molecule is CNC1CCC(c2ccco2)C1C. The molecule has 13 heavy (non-hydrogen) atoms. The third-order valence-corrected chi connectivity index (χ3v) is 3.34. The molecule has 1 N–H and O–H groups in total. The molecule has 1 heterocycles. The standard InChI is InChI=1S/C11H17NO/c1-8-9(5-6-10(8)12-2)11-4-3-7-13-11/h3-4,7-10,12H,5-6H2,1-2H3. The van der Waals surface area contributed by atoms with Gasteiger partial charge in [0.2, 0.25) is 0 Å². The highest BCUT2D eigenvalue weighted by molar-refractivity contribution is 5.10.